The first-order valence-corrected chi connectivity index (χ1v) is 13.5. The molecule has 2 heteroatoms. The number of rotatable bonds is 10. The third kappa shape index (κ3) is 6.92. The Morgan fingerprint density at radius 3 is 1.18 bits per heavy atom. The van der Waals surface area contributed by atoms with Crippen molar-refractivity contribution in [2.24, 2.45) is 0 Å². The fourth-order valence-corrected chi connectivity index (χ4v) is 4.87. The second kappa shape index (κ2) is 12.3. The summed E-state index contributed by atoms with van der Waals surface area (Å²) in [4.78, 5) is 0. The molecule has 2 atom stereocenters. The Balaban J connectivity index is 1.18. The van der Waals surface area contributed by atoms with Crippen molar-refractivity contribution < 1.29 is 0 Å². The molecule has 0 fully saturated rings. The quantitative estimate of drug-likeness (QED) is 0.201. The summed E-state index contributed by atoms with van der Waals surface area (Å²) < 4.78 is 0. The van der Waals surface area contributed by atoms with Crippen LogP contribution in [0.15, 0.2) is 133 Å². The topological polar surface area (TPSA) is 24.1 Å². The molecular weight excluding hydrogens is 460 g/mol. The largest absolute Gasteiger partial charge is 0.379 e. The molecule has 0 saturated carbocycles. The van der Waals surface area contributed by atoms with E-state index in [1.807, 2.05) is 0 Å². The standard InChI is InChI=1S/C36H36N2/c1-27(37-35-20-16-31(17-21-35)24-29-10-5-3-6-11-29)33-14-9-15-34(26-33)28(2)38-36-22-18-32(19-23-36)25-30-12-7-4-8-13-30/h3-23,26-28,37-38H,24-25H2,1-2H3. The molecule has 38 heavy (non-hydrogen) atoms. The first kappa shape index (κ1) is 25.4. The second-order valence-corrected chi connectivity index (χ2v) is 10.1. The first-order valence-electron chi connectivity index (χ1n) is 13.5. The predicted octanol–water partition coefficient (Wildman–Crippen LogP) is 9.21. The third-order valence-corrected chi connectivity index (χ3v) is 7.09. The molecule has 0 bridgehead atoms. The summed E-state index contributed by atoms with van der Waals surface area (Å²) in [6.07, 6.45) is 1.92. The van der Waals surface area contributed by atoms with Crippen LogP contribution in [0.5, 0.6) is 0 Å². The van der Waals surface area contributed by atoms with Gasteiger partial charge in [-0.25, -0.2) is 0 Å². The fourth-order valence-electron chi connectivity index (χ4n) is 4.87. The zero-order chi connectivity index (χ0) is 26.2. The van der Waals surface area contributed by atoms with E-state index in [1.54, 1.807) is 0 Å². The molecule has 0 radical (unpaired) electrons. The van der Waals surface area contributed by atoms with Crippen LogP contribution in [0.3, 0.4) is 0 Å². The molecule has 2 nitrogen and oxygen atoms in total. The van der Waals surface area contributed by atoms with E-state index in [9.17, 15) is 0 Å². The molecule has 190 valence electrons. The number of benzene rings is 5. The molecule has 0 aliphatic heterocycles. The van der Waals surface area contributed by atoms with E-state index in [2.05, 4.69) is 158 Å². The summed E-state index contributed by atoms with van der Waals surface area (Å²) >= 11 is 0. The van der Waals surface area contributed by atoms with Gasteiger partial charge in [-0.15, -0.1) is 0 Å². The summed E-state index contributed by atoms with van der Waals surface area (Å²) in [6, 6.07) is 48.1. The van der Waals surface area contributed by atoms with E-state index >= 15 is 0 Å². The lowest BCUT2D eigenvalue weighted by molar-refractivity contribution is 0.851. The van der Waals surface area contributed by atoms with Crippen molar-refractivity contribution in [2.45, 2.75) is 38.8 Å². The van der Waals surface area contributed by atoms with Gasteiger partial charge in [0.2, 0.25) is 0 Å². The third-order valence-electron chi connectivity index (χ3n) is 7.09. The molecule has 0 aromatic heterocycles. The highest BCUT2D eigenvalue weighted by Gasteiger charge is 2.11. The second-order valence-electron chi connectivity index (χ2n) is 10.1. The molecule has 5 aromatic carbocycles. The SMILES string of the molecule is CC(Nc1ccc(Cc2ccccc2)cc1)c1cccc(C(C)Nc2ccc(Cc3ccccc3)cc2)c1. The van der Waals surface area contributed by atoms with Gasteiger partial charge in [-0.3, -0.25) is 0 Å². The van der Waals surface area contributed by atoms with Crippen LogP contribution in [0.2, 0.25) is 0 Å². The molecule has 0 aliphatic carbocycles. The molecule has 0 saturated heterocycles. The predicted molar refractivity (Wildman–Crippen MR) is 162 cm³/mol. The van der Waals surface area contributed by atoms with Crippen LogP contribution in [-0.4, -0.2) is 0 Å². The average Bonchev–Trinajstić information content (AvgIpc) is 2.96. The minimum atomic E-state index is 0.208. The number of anilines is 2. The normalized spacial score (nSPS) is 12.5. The van der Waals surface area contributed by atoms with Crippen molar-refractivity contribution in [1.82, 2.24) is 0 Å². The zero-order valence-electron chi connectivity index (χ0n) is 22.3. The lowest BCUT2D eigenvalue weighted by atomic mass is 10.0. The van der Waals surface area contributed by atoms with Crippen molar-refractivity contribution in [2.75, 3.05) is 10.6 Å². The van der Waals surface area contributed by atoms with Gasteiger partial charge in [0.25, 0.3) is 0 Å². The van der Waals surface area contributed by atoms with Gasteiger partial charge < -0.3 is 10.6 Å². The van der Waals surface area contributed by atoms with E-state index in [1.165, 1.54) is 33.4 Å². The van der Waals surface area contributed by atoms with Gasteiger partial charge in [0.1, 0.15) is 0 Å². The smallest absolute Gasteiger partial charge is 0.0485 e. The van der Waals surface area contributed by atoms with Crippen molar-refractivity contribution >= 4 is 11.4 Å². The fraction of sp³-hybridized carbons (Fsp3) is 0.167. The van der Waals surface area contributed by atoms with E-state index in [0.717, 1.165) is 24.2 Å². The Morgan fingerprint density at radius 2 is 0.789 bits per heavy atom. The van der Waals surface area contributed by atoms with Crippen molar-refractivity contribution in [3.63, 3.8) is 0 Å². The van der Waals surface area contributed by atoms with Gasteiger partial charge >= 0.3 is 0 Å². The minimum Gasteiger partial charge on any atom is -0.379 e. The van der Waals surface area contributed by atoms with Crippen molar-refractivity contribution in [1.29, 1.82) is 0 Å². The molecule has 5 rings (SSSR count). The van der Waals surface area contributed by atoms with Gasteiger partial charge in [-0.2, -0.15) is 0 Å². The van der Waals surface area contributed by atoms with Crippen LogP contribution in [0.1, 0.15) is 59.3 Å². The maximum Gasteiger partial charge on any atom is 0.0485 e. The molecule has 2 N–H and O–H groups in total. The van der Waals surface area contributed by atoms with Crippen LogP contribution in [-0.2, 0) is 12.8 Å². The highest BCUT2D eigenvalue weighted by molar-refractivity contribution is 5.49. The van der Waals surface area contributed by atoms with Crippen LogP contribution in [0.4, 0.5) is 11.4 Å². The Bertz CT molecular complexity index is 1300. The van der Waals surface area contributed by atoms with E-state index in [-0.39, 0.29) is 12.1 Å². The molecule has 5 aromatic rings. The Kier molecular flexibility index (Phi) is 8.20. The van der Waals surface area contributed by atoms with E-state index < -0.39 is 0 Å². The lowest BCUT2D eigenvalue weighted by Crippen LogP contribution is -2.10. The van der Waals surface area contributed by atoms with Crippen molar-refractivity contribution in [3.05, 3.63) is 167 Å². The zero-order valence-corrected chi connectivity index (χ0v) is 22.3. The number of nitrogens with one attached hydrogen (secondary N) is 2. The highest BCUT2D eigenvalue weighted by atomic mass is 14.9. The summed E-state index contributed by atoms with van der Waals surface area (Å²) in [7, 11) is 0. The molecule has 2 unspecified atom stereocenters. The van der Waals surface area contributed by atoms with E-state index in [4.69, 9.17) is 0 Å². The molecule has 0 aliphatic rings. The summed E-state index contributed by atoms with van der Waals surface area (Å²) in [5.74, 6) is 0. The van der Waals surface area contributed by atoms with Crippen LogP contribution < -0.4 is 10.6 Å². The molecule has 0 heterocycles. The van der Waals surface area contributed by atoms with Gasteiger partial charge in [0.15, 0.2) is 0 Å². The summed E-state index contributed by atoms with van der Waals surface area (Å²) in [5.41, 5.74) is 10.2. The summed E-state index contributed by atoms with van der Waals surface area (Å²) in [6.45, 7) is 4.45. The van der Waals surface area contributed by atoms with E-state index in [0.29, 0.717) is 0 Å². The molecular formula is C36H36N2. The van der Waals surface area contributed by atoms with Crippen LogP contribution in [0.25, 0.3) is 0 Å². The highest BCUT2D eigenvalue weighted by Crippen LogP contribution is 2.25. The summed E-state index contributed by atoms with van der Waals surface area (Å²) in [5, 5.41) is 7.34. The lowest BCUT2D eigenvalue weighted by Gasteiger charge is -2.20. The minimum absolute atomic E-state index is 0.208. The van der Waals surface area contributed by atoms with Crippen molar-refractivity contribution in [3.8, 4) is 0 Å². The maximum absolute atomic E-state index is 3.67. The van der Waals surface area contributed by atoms with Crippen LogP contribution in [0, 0.1) is 0 Å². The van der Waals surface area contributed by atoms with Gasteiger partial charge in [-0.05, 0) is 84.3 Å². The molecule has 0 amide bonds. The number of hydrogen-bond acceptors (Lipinski definition) is 2. The van der Waals surface area contributed by atoms with Crippen LogP contribution >= 0.6 is 0 Å². The monoisotopic (exact) mass is 496 g/mol. The van der Waals surface area contributed by atoms with Gasteiger partial charge in [-0.1, -0.05) is 109 Å². The average molecular weight is 497 g/mol. The number of hydrogen-bond donors (Lipinski definition) is 2. The van der Waals surface area contributed by atoms with Gasteiger partial charge in [0, 0.05) is 23.5 Å². The maximum atomic E-state index is 3.67. The molecule has 0 spiro atoms. The Labute approximate surface area is 227 Å². The Hall–Kier alpha value is -4.30. The Morgan fingerprint density at radius 1 is 0.421 bits per heavy atom. The van der Waals surface area contributed by atoms with Gasteiger partial charge in [0.05, 0.1) is 0 Å². The first-order chi connectivity index (χ1) is 18.6.